The van der Waals surface area contributed by atoms with Crippen molar-refractivity contribution >= 4 is 70.5 Å². The second kappa shape index (κ2) is 29.6. The highest BCUT2D eigenvalue weighted by Gasteiger charge is 2.51. The Balaban J connectivity index is 1.24. The monoisotopic (exact) mass is 1430 g/mol. The SMILES string of the molecule is CC(C)C[C@@H](N)C(=O)N[C@H]1C(=O)N[C@@H](CC(N)=O)C(=O)N[C@H]2C(=O)N[C@H]3C(=O)N[C@H](C(=O)NC(C(=O)O)c4cc(O)cc(O)c4-c4cc3ccc4O)[C@H](O)c3ccc(c(Cl)c3)Oc3cc2cc(c3O[C@@H]2O[C@H](CO)[C@@H](O)[C@H](O)[C@H]2O[C@H]2C[C@](C)(N)[C@H](O)[C@H](C)O2)Oc2ccc(cc2Cl)[C@H]1O. The summed E-state index contributed by atoms with van der Waals surface area (Å²) in [6.45, 7) is 5.53. The molecule has 0 radical (unpaired) electrons. The number of rotatable bonds is 12. The maximum Gasteiger partial charge on any atom is 0.330 e. The number of aliphatic hydroxyl groups is 6. The third-order valence-electron chi connectivity index (χ3n) is 17.5. The summed E-state index contributed by atoms with van der Waals surface area (Å²) >= 11 is 14.1. The number of amides is 7. The van der Waals surface area contributed by atoms with Gasteiger partial charge in [0, 0.05) is 34.7 Å². The number of phenols is 3. The van der Waals surface area contributed by atoms with Crippen LogP contribution in [0, 0.1) is 5.92 Å². The number of nitrogens with one attached hydrogen (secondary N) is 6. The molecule has 2 fully saturated rings. The van der Waals surface area contributed by atoms with Crippen LogP contribution in [0.1, 0.15) is 105 Å². The lowest BCUT2D eigenvalue weighted by Gasteiger charge is -2.47. The lowest BCUT2D eigenvalue weighted by atomic mass is 9.86. The molecular weight excluding hydrogens is 1360 g/mol. The zero-order valence-corrected chi connectivity index (χ0v) is 54.9. The molecule has 0 saturated carbocycles. The van der Waals surface area contributed by atoms with Crippen molar-refractivity contribution in [2.45, 2.75) is 156 Å². The van der Waals surface area contributed by atoms with E-state index in [2.05, 4.69) is 31.9 Å². The van der Waals surface area contributed by atoms with Crippen molar-refractivity contribution in [3.8, 4) is 57.1 Å². The quantitative estimate of drug-likeness (QED) is 0.0772. The number of nitrogens with two attached hydrogens (primary N) is 3. The molecule has 100 heavy (non-hydrogen) atoms. The predicted octanol–water partition coefficient (Wildman–Crippen LogP) is -0.154. The number of aliphatic hydroxyl groups excluding tert-OH is 6. The lowest BCUT2D eigenvalue weighted by molar-refractivity contribution is -0.333. The van der Waals surface area contributed by atoms with Gasteiger partial charge in [0.15, 0.2) is 29.9 Å². The van der Waals surface area contributed by atoms with Crippen molar-refractivity contribution in [2.75, 3.05) is 6.61 Å². The van der Waals surface area contributed by atoms with E-state index in [1.54, 1.807) is 13.8 Å². The normalized spacial score (nSPS) is 29.6. The van der Waals surface area contributed by atoms with Crippen molar-refractivity contribution in [1.82, 2.24) is 31.9 Å². The molecule has 0 aromatic heterocycles. The predicted molar refractivity (Wildman–Crippen MR) is 344 cm³/mol. The second-order valence-electron chi connectivity index (χ2n) is 25.5. The standard InChI is InChI=1S/C65H73Cl2N9O24/c1-22(2)11-33(68)57(87)75-48-50(82)25-6-9-37(31(66)13-25)96-39-15-27-16-40(54(39)100-64-55(53(85)52(84)41(21-77)98-64)99-43-20-65(4,70)56(86)23(3)95-43)97-38-10-7-26(14-32(38)67)51(83)49-62(92)74-47(63(93)94)30-17-28(78)18-36(80)44(30)29-12-24(5-8-35(29)79)45(59(89)76-49)73-60(90)46(27)72-58(88)34(19-42(69)81)71-61(48)91/h5-10,12-18,22-23,33-34,41,43,45-53,55-56,64,77-80,82-86H,11,19-21,68,70H2,1-4H3,(H2,69,81)(H,71,91)(H,72,88)(H,73,90)(H,74,92)(H,75,87)(H,76,89)(H,93,94)/t23-,33+,34-,41+,43-,45+,46+,47?,48+,49-,50+,51+,52+,53-,55+,56+,64-,65-/m0/s1. The molecule has 22 N–H and O–H groups in total. The van der Waals surface area contributed by atoms with Gasteiger partial charge in [-0.1, -0.05) is 55.2 Å². The minimum atomic E-state index is -2.35. The van der Waals surface area contributed by atoms with E-state index in [0.717, 1.165) is 66.7 Å². The van der Waals surface area contributed by atoms with Crippen molar-refractivity contribution in [1.29, 1.82) is 0 Å². The number of carbonyl (C=O) groups is 8. The average molecular weight is 1440 g/mol. The number of primary amides is 1. The van der Waals surface area contributed by atoms with Crippen molar-refractivity contribution in [3.63, 3.8) is 0 Å². The maximum absolute atomic E-state index is 16.0. The lowest BCUT2D eigenvalue weighted by Crippen LogP contribution is -2.64. The Labute approximate surface area is 577 Å². The van der Waals surface area contributed by atoms with Crippen molar-refractivity contribution < 1.29 is 118 Å². The van der Waals surface area contributed by atoms with Crippen LogP contribution in [0.25, 0.3) is 11.1 Å². The number of phenolic OH excluding ortho intramolecular Hbond substituents is 3. The second-order valence-corrected chi connectivity index (χ2v) is 26.3. The molecule has 5 aromatic rings. The molecule has 2 saturated heterocycles. The van der Waals surface area contributed by atoms with Crippen molar-refractivity contribution in [3.05, 3.63) is 117 Å². The van der Waals surface area contributed by atoms with E-state index in [1.165, 1.54) is 26.0 Å². The Morgan fingerprint density at radius 3 is 1.90 bits per heavy atom. The Morgan fingerprint density at radius 1 is 0.710 bits per heavy atom. The van der Waals surface area contributed by atoms with Crippen LogP contribution in [0.2, 0.25) is 10.0 Å². The summed E-state index contributed by atoms with van der Waals surface area (Å²) in [6.07, 6.45) is -18.8. The summed E-state index contributed by atoms with van der Waals surface area (Å²) in [6, 6.07) is -1.18. The van der Waals surface area contributed by atoms with Crippen LogP contribution in [0.4, 0.5) is 0 Å². The summed E-state index contributed by atoms with van der Waals surface area (Å²) < 4.78 is 38.2. The number of hydrogen-bond donors (Lipinski definition) is 19. The van der Waals surface area contributed by atoms with E-state index in [0.29, 0.717) is 0 Å². The van der Waals surface area contributed by atoms with E-state index in [-0.39, 0.29) is 46.2 Å². The molecule has 11 bridgehead atoms. The van der Waals surface area contributed by atoms with Gasteiger partial charge in [-0.25, -0.2) is 4.79 Å². The fourth-order valence-corrected chi connectivity index (χ4v) is 12.7. The molecule has 12 rings (SSSR count). The summed E-state index contributed by atoms with van der Waals surface area (Å²) in [5.74, 6) is -16.3. The number of aliphatic carboxylic acids is 1. The van der Waals surface area contributed by atoms with E-state index >= 15 is 14.4 Å². The van der Waals surface area contributed by atoms with Gasteiger partial charge in [0.1, 0.15) is 89.5 Å². The molecule has 33 nitrogen and oxygen atoms in total. The fourth-order valence-electron chi connectivity index (χ4n) is 12.3. The first-order chi connectivity index (χ1) is 47.1. The van der Waals surface area contributed by atoms with Gasteiger partial charge in [-0.05, 0) is 103 Å². The van der Waals surface area contributed by atoms with Gasteiger partial charge in [0.2, 0.25) is 53.4 Å². The van der Waals surface area contributed by atoms with Crippen LogP contribution in [0.5, 0.6) is 46.0 Å². The van der Waals surface area contributed by atoms with Crippen LogP contribution in [-0.4, -0.2) is 184 Å². The summed E-state index contributed by atoms with van der Waals surface area (Å²) in [7, 11) is 0. The third-order valence-corrected chi connectivity index (χ3v) is 18.1. The van der Waals surface area contributed by atoms with E-state index in [9.17, 15) is 75.0 Å². The van der Waals surface area contributed by atoms with Gasteiger partial charge < -0.3 is 129 Å². The molecule has 536 valence electrons. The highest BCUT2D eigenvalue weighted by molar-refractivity contribution is 6.32. The molecule has 1 unspecified atom stereocenters. The van der Waals surface area contributed by atoms with Gasteiger partial charge in [0.05, 0.1) is 41.3 Å². The molecule has 7 aliphatic heterocycles. The van der Waals surface area contributed by atoms with Crippen molar-refractivity contribution in [2.24, 2.45) is 23.1 Å². The maximum atomic E-state index is 16.0. The molecule has 35 heteroatoms. The summed E-state index contributed by atoms with van der Waals surface area (Å²) in [5, 5.41) is 127. The van der Waals surface area contributed by atoms with E-state index in [4.69, 9.17) is 68.8 Å². The average Bonchev–Trinajstić information content (AvgIpc) is 0.768. The number of carboxylic acids is 1. The van der Waals surface area contributed by atoms with E-state index in [1.807, 2.05) is 0 Å². The number of ether oxygens (including phenoxy) is 6. The molecule has 7 amide bonds. The Hall–Kier alpha value is -9.20. The molecule has 5 aromatic carbocycles. The molecular formula is C65H73Cl2N9O24. The number of hydrogen-bond acceptors (Lipinski definition) is 25. The smallest absolute Gasteiger partial charge is 0.330 e. The number of carbonyl (C=O) groups excluding carboxylic acids is 7. The molecule has 0 spiro atoms. The van der Waals surface area contributed by atoms with Gasteiger partial charge >= 0.3 is 5.97 Å². The van der Waals surface area contributed by atoms with Crippen LogP contribution < -0.4 is 63.3 Å². The first-order valence-electron chi connectivity index (χ1n) is 31.2. The Kier molecular flexibility index (Phi) is 21.7. The number of aromatic hydroxyl groups is 3. The number of carboxylic acid groups (broad SMARTS) is 1. The highest BCUT2D eigenvalue weighted by atomic mass is 35.5. The zero-order valence-electron chi connectivity index (χ0n) is 53.4. The minimum Gasteiger partial charge on any atom is -0.508 e. The van der Waals surface area contributed by atoms with Gasteiger partial charge in [-0.3, -0.25) is 33.6 Å². The zero-order chi connectivity index (χ0) is 72.8. The molecule has 7 heterocycles. The number of fused-ring (bicyclic) bond motifs is 15. The molecule has 0 aliphatic carbocycles. The number of benzene rings is 5. The minimum absolute atomic E-state index is 0.0742. The van der Waals surface area contributed by atoms with Crippen LogP contribution >= 0.6 is 23.2 Å². The van der Waals surface area contributed by atoms with Crippen LogP contribution in [0.15, 0.2) is 78.9 Å². The Morgan fingerprint density at radius 2 is 1.31 bits per heavy atom. The summed E-state index contributed by atoms with van der Waals surface area (Å²) in [4.78, 5) is 116. The van der Waals surface area contributed by atoms with Crippen LogP contribution in [0.3, 0.4) is 0 Å². The topological polar surface area (TPSA) is 544 Å². The van der Waals surface area contributed by atoms with Crippen LogP contribution in [-0.2, 0) is 52.6 Å². The summed E-state index contributed by atoms with van der Waals surface area (Å²) in [5.41, 5.74) is 14.1. The molecule has 7 aliphatic rings. The molecule has 18 atom stereocenters. The third kappa shape index (κ3) is 15.4. The van der Waals surface area contributed by atoms with Gasteiger partial charge in [0.25, 0.3) is 0 Å². The van der Waals surface area contributed by atoms with Gasteiger partial charge in [-0.15, -0.1) is 0 Å². The number of halogens is 2. The van der Waals surface area contributed by atoms with E-state index < -0.39 is 237 Å². The Bertz CT molecular complexity index is 4060. The van der Waals surface area contributed by atoms with Gasteiger partial charge in [-0.2, -0.15) is 0 Å². The largest absolute Gasteiger partial charge is 0.508 e. The highest BCUT2D eigenvalue weighted by Crippen LogP contribution is 2.50. The first kappa shape index (κ1) is 73.5. The fraction of sp³-hybridized carbons (Fsp3) is 0.415. The first-order valence-corrected chi connectivity index (χ1v) is 31.9.